The van der Waals surface area contributed by atoms with Crippen molar-refractivity contribution in [3.05, 3.63) is 105 Å². The van der Waals surface area contributed by atoms with Crippen LogP contribution in [0.5, 0.6) is 0 Å². The Bertz CT molecular complexity index is 1850. The quantitative estimate of drug-likeness (QED) is 0.180. The van der Waals surface area contributed by atoms with Gasteiger partial charge in [-0.05, 0) is 87.7 Å². The molecule has 1 atom stereocenters. The van der Waals surface area contributed by atoms with Crippen molar-refractivity contribution in [1.82, 2.24) is 24.9 Å². The molecule has 0 bridgehead atoms. The topological polar surface area (TPSA) is 94.7 Å². The molecule has 45 heavy (non-hydrogen) atoms. The Morgan fingerprint density at radius 1 is 0.933 bits per heavy atom. The SMILES string of the molecule is CC(C)(C)N1CCC(n2cc(C(Nc3cc(Cl)c4ncc(C#N)c(Nc5ccc(Cl)cc5)c4c3)c3ccc(Cl)cc3)nn2)CC1. The summed E-state index contributed by atoms with van der Waals surface area (Å²) < 4.78 is 2.00. The van der Waals surface area contributed by atoms with Gasteiger partial charge in [0.05, 0.1) is 40.1 Å². The average Bonchev–Trinajstić information content (AvgIpc) is 3.51. The Balaban J connectivity index is 1.35. The van der Waals surface area contributed by atoms with Crippen molar-refractivity contribution in [1.29, 1.82) is 5.26 Å². The van der Waals surface area contributed by atoms with E-state index in [0.29, 0.717) is 37.2 Å². The molecular weight excluding hydrogens is 627 g/mol. The lowest BCUT2D eigenvalue weighted by atomic mass is 9.98. The van der Waals surface area contributed by atoms with Crippen molar-refractivity contribution in [2.45, 2.75) is 51.2 Å². The highest BCUT2D eigenvalue weighted by atomic mass is 35.5. The van der Waals surface area contributed by atoms with E-state index in [0.717, 1.165) is 48.6 Å². The fourth-order valence-electron chi connectivity index (χ4n) is 5.79. The molecule has 1 aliphatic heterocycles. The van der Waals surface area contributed by atoms with E-state index < -0.39 is 0 Å². The van der Waals surface area contributed by atoms with Gasteiger partial charge in [-0.1, -0.05) is 52.1 Å². The van der Waals surface area contributed by atoms with E-state index >= 15 is 0 Å². The van der Waals surface area contributed by atoms with Crippen LogP contribution in [0, 0.1) is 11.3 Å². The smallest absolute Gasteiger partial charge is 0.109 e. The van der Waals surface area contributed by atoms with Crippen LogP contribution in [-0.4, -0.2) is 43.5 Å². The maximum absolute atomic E-state index is 9.94. The Hall–Kier alpha value is -3.87. The number of likely N-dealkylation sites (tertiary alicyclic amines) is 1. The zero-order chi connectivity index (χ0) is 31.7. The third-order valence-electron chi connectivity index (χ3n) is 8.28. The molecule has 0 amide bonds. The van der Waals surface area contributed by atoms with Crippen LogP contribution in [-0.2, 0) is 0 Å². The summed E-state index contributed by atoms with van der Waals surface area (Å²) in [5, 5.41) is 28.6. The van der Waals surface area contributed by atoms with Crippen LogP contribution in [0.3, 0.4) is 0 Å². The molecule has 2 N–H and O–H groups in total. The molecule has 0 radical (unpaired) electrons. The number of nitrogens with one attached hydrogen (secondary N) is 2. The van der Waals surface area contributed by atoms with Gasteiger partial charge in [-0.2, -0.15) is 5.26 Å². The molecule has 6 rings (SSSR count). The summed E-state index contributed by atoms with van der Waals surface area (Å²) >= 11 is 19.2. The first-order valence-corrected chi connectivity index (χ1v) is 16.0. The number of hydrogen-bond donors (Lipinski definition) is 2. The molecule has 11 heteroatoms. The average molecular weight is 660 g/mol. The van der Waals surface area contributed by atoms with Crippen molar-refractivity contribution < 1.29 is 0 Å². The van der Waals surface area contributed by atoms with Gasteiger partial charge < -0.3 is 10.6 Å². The summed E-state index contributed by atoms with van der Waals surface area (Å²) in [7, 11) is 0. The van der Waals surface area contributed by atoms with Crippen LogP contribution >= 0.6 is 34.8 Å². The largest absolute Gasteiger partial charge is 0.373 e. The Morgan fingerprint density at radius 2 is 1.60 bits per heavy atom. The summed E-state index contributed by atoms with van der Waals surface area (Å²) in [6.45, 7) is 8.81. The highest BCUT2D eigenvalue weighted by molar-refractivity contribution is 6.36. The monoisotopic (exact) mass is 658 g/mol. The van der Waals surface area contributed by atoms with Crippen molar-refractivity contribution in [3.8, 4) is 6.07 Å². The lowest BCUT2D eigenvalue weighted by molar-refractivity contribution is 0.0866. The lowest BCUT2D eigenvalue weighted by Gasteiger charge is -2.40. The number of pyridine rings is 1. The molecule has 3 aromatic carbocycles. The van der Waals surface area contributed by atoms with Crippen LogP contribution in [0.15, 0.2) is 73.1 Å². The predicted octanol–water partition coefficient (Wildman–Crippen LogP) is 9.04. The molecule has 1 fully saturated rings. The number of nitrogens with zero attached hydrogens (tertiary/aromatic N) is 6. The van der Waals surface area contributed by atoms with E-state index in [1.54, 1.807) is 12.1 Å². The van der Waals surface area contributed by atoms with Gasteiger partial charge in [-0.15, -0.1) is 5.10 Å². The van der Waals surface area contributed by atoms with E-state index in [4.69, 9.17) is 34.8 Å². The molecule has 0 saturated carbocycles. The summed E-state index contributed by atoms with van der Waals surface area (Å²) in [6, 6.07) is 20.9. The molecule has 230 valence electrons. The number of fused-ring (bicyclic) bond motifs is 1. The van der Waals surface area contributed by atoms with Crippen molar-refractivity contribution in [2.75, 3.05) is 23.7 Å². The van der Waals surface area contributed by atoms with Crippen molar-refractivity contribution >= 4 is 62.8 Å². The molecular formula is C34H33Cl3N8. The number of piperidine rings is 1. The minimum Gasteiger partial charge on any atom is -0.373 e. The van der Waals surface area contributed by atoms with Crippen LogP contribution < -0.4 is 10.6 Å². The molecule has 1 unspecified atom stereocenters. The summed E-state index contributed by atoms with van der Waals surface area (Å²) in [4.78, 5) is 7.02. The first kappa shape index (κ1) is 31.1. The predicted molar refractivity (Wildman–Crippen MR) is 183 cm³/mol. The number of hydrogen-bond acceptors (Lipinski definition) is 7. The van der Waals surface area contributed by atoms with Gasteiger partial charge in [0, 0.05) is 51.6 Å². The normalized spacial score (nSPS) is 15.1. The molecule has 0 spiro atoms. The number of benzene rings is 3. The Morgan fingerprint density at radius 3 is 2.24 bits per heavy atom. The van der Waals surface area contributed by atoms with Gasteiger partial charge in [-0.3, -0.25) is 9.88 Å². The molecule has 5 aromatic rings. The third kappa shape index (κ3) is 6.87. The second-order valence-electron chi connectivity index (χ2n) is 12.3. The molecule has 1 aliphatic rings. The number of aromatic nitrogens is 4. The highest BCUT2D eigenvalue weighted by Crippen LogP contribution is 2.37. The summed E-state index contributed by atoms with van der Waals surface area (Å²) in [5.41, 5.74) is 4.97. The zero-order valence-corrected chi connectivity index (χ0v) is 27.5. The Kier molecular flexibility index (Phi) is 8.89. The molecule has 3 heterocycles. The van der Waals surface area contributed by atoms with E-state index in [1.165, 1.54) is 6.20 Å². The standard InChI is InChI=1S/C34H33Cl3N8/c1-34(2,3)44-14-12-27(13-15-44)45-20-30(42-43-45)32(21-4-6-23(35)7-5-21)41-26-16-28-31(40-25-10-8-24(36)9-11-25)22(18-38)19-39-33(28)29(37)17-26/h4-11,16-17,19-20,27,32,41H,12-15H2,1-3H3,(H,39,40). The summed E-state index contributed by atoms with van der Waals surface area (Å²) in [5.74, 6) is 0. The van der Waals surface area contributed by atoms with Crippen LogP contribution in [0.25, 0.3) is 10.9 Å². The second-order valence-corrected chi connectivity index (χ2v) is 13.6. The number of anilines is 3. The van der Waals surface area contributed by atoms with Gasteiger partial charge in [-0.25, -0.2) is 4.68 Å². The Labute approximate surface area is 277 Å². The number of nitriles is 1. The first-order chi connectivity index (χ1) is 21.6. The maximum atomic E-state index is 9.94. The number of rotatable bonds is 7. The van der Waals surface area contributed by atoms with Gasteiger partial charge >= 0.3 is 0 Å². The first-order valence-electron chi connectivity index (χ1n) is 14.8. The van der Waals surface area contributed by atoms with E-state index in [-0.39, 0.29) is 17.6 Å². The van der Waals surface area contributed by atoms with E-state index in [9.17, 15) is 5.26 Å². The molecule has 0 aliphatic carbocycles. The van der Waals surface area contributed by atoms with Gasteiger partial charge in [0.15, 0.2) is 0 Å². The van der Waals surface area contributed by atoms with Crippen LogP contribution in [0.2, 0.25) is 15.1 Å². The fourth-order valence-corrected chi connectivity index (χ4v) is 6.31. The highest BCUT2D eigenvalue weighted by Gasteiger charge is 2.29. The third-order valence-corrected chi connectivity index (χ3v) is 9.08. The second kappa shape index (κ2) is 12.9. The zero-order valence-electron chi connectivity index (χ0n) is 25.2. The van der Waals surface area contributed by atoms with E-state index in [1.807, 2.05) is 59.4 Å². The molecule has 2 aromatic heterocycles. The number of halogens is 3. The maximum Gasteiger partial charge on any atom is 0.109 e. The van der Waals surface area contributed by atoms with Gasteiger partial charge in [0.2, 0.25) is 0 Å². The van der Waals surface area contributed by atoms with Crippen LogP contribution in [0.1, 0.15) is 62.5 Å². The van der Waals surface area contributed by atoms with Crippen molar-refractivity contribution in [3.63, 3.8) is 0 Å². The fraction of sp³-hybridized carbons (Fsp3) is 0.294. The minimum absolute atomic E-state index is 0.150. The summed E-state index contributed by atoms with van der Waals surface area (Å²) in [6.07, 6.45) is 5.59. The minimum atomic E-state index is -0.348. The molecule has 1 saturated heterocycles. The van der Waals surface area contributed by atoms with Crippen LogP contribution in [0.4, 0.5) is 17.1 Å². The van der Waals surface area contributed by atoms with E-state index in [2.05, 4.69) is 57.7 Å². The molecule has 8 nitrogen and oxygen atoms in total. The van der Waals surface area contributed by atoms with Gasteiger partial charge in [0.1, 0.15) is 11.8 Å². The van der Waals surface area contributed by atoms with Crippen molar-refractivity contribution in [2.24, 2.45) is 0 Å². The lowest BCUT2D eigenvalue weighted by Crippen LogP contribution is -2.46. The van der Waals surface area contributed by atoms with Gasteiger partial charge in [0.25, 0.3) is 0 Å².